The summed E-state index contributed by atoms with van der Waals surface area (Å²) < 4.78 is 0. The van der Waals surface area contributed by atoms with Gasteiger partial charge in [-0.2, -0.15) is 0 Å². The van der Waals surface area contributed by atoms with Crippen molar-refractivity contribution < 1.29 is 0 Å². The van der Waals surface area contributed by atoms with Crippen LogP contribution in [-0.4, -0.2) is 54.3 Å². The standard InChI is InChI=1S/C24H35N5S/c1-16-6-5-7-21(18(16)3)27-24(30)25-19-8-9-22-20(15-19)17(2)14-23(26-22)29-12-10-28(4)11-13-29/h8-9,14-16,18,21H,5-7,10-13H2,1-4H3,(H2,25,27,30)/t16-,18+,21+/m0/s1. The molecule has 0 bridgehead atoms. The molecule has 0 amide bonds. The van der Waals surface area contributed by atoms with Gasteiger partial charge in [0, 0.05) is 43.3 Å². The first-order valence-electron chi connectivity index (χ1n) is 11.3. The molecule has 2 N–H and O–H groups in total. The fraction of sp³-hybridized carbons (Fsp3) is 0.583. The molecule has 0 radical (unpaired) electrons. The van der Waals surface area contributed by atoms with Crippen molar-refractivity contribution in [3.05, 3.63) is 29.8 Å². The van der Waals surface area contributed by atoms with E-state index in [1.165, 1.54) is 30.2 Å². The summed E-state index contributed by atoms with van der Waals surface area (Å²) in [5.41, 5.74) is 3.32. The van der Waals surface area contributed by atoms with Crippen molar-refractivity contribution in [2.45, 2.75) is 46.1 Å². The third-order valence-electron chi connectivity index (χ3n) is 7.11. The lowest BCUT2D eigenvalue weighted by atomic mass is 9.78. The molecular formula is C24H35N5S. The van der Waals surface area contributed by atoms with Crippen molar-refractivity contribution in [2.24, 2.45) is 11.8 Å². The van der Waals surface area contributed by atoms with E-state index in [9.17, 15) is 0 Å². The number of anilines is 2. The summed E-state index contributed by atoms with van der Waals surface area (Å²) in [5.74, 6) is 2.49. The van der Waals surface area contributed by atoms with Crippen LogP contribution in [0.3, 0.4) is 0 Å². The second-order valence-electron chi connectivity index (χ2n) is 9.29. The number of fused-ring (bicyclic) bond motifs is 1. The summed E-state index contributed by atoms with van der Waals surface area (Å²) >= 11 is 5.63. The molecule has 3 atom stereocenters. The first-order valence-corrected chi connectivity index (χ1v) is 11.7. The predicted octanol–water partition coefficient (Wildman–Crippen LogP) is 4.41. The summed E-state index contributed by atoms with van der Waals surface area (Å²) in [6.07, 6.45) is 3.80. The van der Waals surface area contributed by atoms with Gasteiger partial charge < -0.3 is 20.4 Å². The minimum absolute atomic E-state index is 0.462. The molecule has 4 rings (SSSR count). The van der Waals surface area contributed by atoms with Crippen LogP contribution in [-0.2, 0) is 0 Å². The second-order valence-corrected chi connectivity index (χ2v) is 9.70. The normalized spacial score (nSPS) is 25.3. The van der Waals surface area contributed by atoms with Gasteiger partial charge in [-0.25, -0.2) is 4.98 Å². The number of rotatable bonds is 3. The third kappa shape index (κ3) is 4.70. The molecule has 1 aliphatic heterocycles. The van der Waals surface area contributed by atoms with Crippen LogP contribution in [0, 0.1) is 18.8 Å². The first kappa shape index (κ1) is 21.3. The smallest absolute Gasteiger partial charge is 0.171 e. The zero-order valence-electron chi connectivity index (χ0n) is 18.7. The number of piperazine rings is 1. The van der Waals surface area contributed by atoms with E-state index in [4.69, 9.17) is 17.2 Å². The largest absolute Gasteiger partial charge is 0.359 e. The highest BCUT2D eigenvalue weighted by Gasteiger charge is 2.27. The summed E-state index contributed by atoms with van der Waals surface area (Å²) in [6, 6.07) is 9.05. The van der Waals surface area contributed by atoms with Crippen LogP contribution in [0.1, 0.15) is 38.7 Å². The van der Waals surface area contributed by atoms with E-state index >= 15 is 0 Å². The van der Waals surface area contributed by atoms with Crippen LogP contribution in [0.2, 0.25) is 0 Å². The van der Waals surface area contributed by atoms with Crippen LogP contribution in [0.15, 0.2) is 24.3 Å². The van der Waals surface area contributed by atoms with Gasteiger partial charge in [-0.05, 0) is 74.3 Å². The maximum absolute atomic E-state index is 5.63. The number of aryl methyl sites for hydroxylation is 1. The van der Waals surface area contributed by atoms with Crippen molar-refractivity contribution in [1.82, 2.24) is 15.2 Å². The quantitative estimate of drug-likeness (QED) is 0.711. The number of aromatic nitrogens is 1. The van der Waals surface area contributed by atoms with Gasteiger partial charge in [0.2, 0.25) is 0 Å². The minimum Gasteiger partial charge on any atom is -0.359 e. The number of hydrogen-bond acceptors (Lipinski definition) is 4. The minimum atomic E-state index is 0.462. The molecule has 1 aromatic carbocycles. The number of likely N-dealkylation sites (N-methyl/N-ethyl adjacent to an activating group) is 1. The molecule has 2 fully saturated rings. The van der Waals surface area contributed by atoms with E-state index in [2.05, 4.69) is 72.5 Å². The van der Waals surface area contributed by atoms with Crippen molar-refractivity contribution in [1.29, 1.82) is 0 Å². The summed E-state index contributed by atoms with van der Waals surface area (Å²) in [4.78, 5) is 9.71. The van der Waals surface area contributed by atoms with Crippen molar-refractivity contribution in [2.75, 3.05) is 43.4 Å². The number of pyridine rings is 1. The number of benzene rings is 1. The average Bonchev–Trinajstić information content (AvgIpc) is 2.72. The molecule has 2 aromatic rings. The van der Waals surface area contributed by atoms with Gasteiger partial charge in [-0.1, -0.05) is 26.7 Å². The summed E-state index contributed by atoms with van der Waals surface area (Å²) in [7, 11) is 2.18. The molecule has 2 aliphatic rings. The zero-order chi connectivity index (χ0) is 21.3. The van der Waals surface area contributed by atoms with E-state index in [-0.39, 0.29) is 0 Å². The monoisotopic (exact) mass is 425 g/mol. The maximum atomic E-state index is 5.63. The van der Waals surface area contributed by atoms with Crippen LogP contribution < -0.4 is 15.5 Å². The van der Waals surface area contributed by atoms with Gasteiger partial charge in [-0.3, -0.25) is 0 Å². The highest BCUT2D eigenvalue weighted by molar-refractivity contribution is 7.80. The molecule has 0 unspecified atom stereocenters. The molecule has 1 aromatic heterocycles. The Morgan fingerprint density at radius 2 is 1.87 bits per heavy atom. The molecular weight excluding hydrogens is 390 g/mol. The Kier molecular flexibility index (Phi) is 6.44. The lowest BCUT2D eigenvalue weighted by Crippen LogP contribution is -2.45. The Morgan fingerprint density at radius 3 is 2.63 bits per heavy atom. The maximum Gasteiger partial charge on any atom is 0.171 e. The van der Waals surface area contributed by atoms with Gasteiger partial charge in [0.1, 0.15) is 5.82 Å². The number of hydrogen-bond donors (Lipinski definition) is 2. The van der Waals surface area contributed by atoms with Crippen LogP contribution >= 0.6 is 12.2 Å². The lowest BCUT2D eigenvalue weighted by molar-refractivity contribution is 0.225. The van der Waals surface area contributed by atoms with Crippen LogP contribution in [0.5, 0.6) is 0 Å². The molecule has 1 saturated heterocycles. The van der Waals surface area contributed by atoms with Crippen molar-refractivity contribution in [3.8, 4) is 0 Å². The number of nitrogens with one attached hydrogen (secondary N) is 2. The summed E-state index contributed by atoms with van der Waals surface area (Å²) in [5, 5.41) is 8.87. The van der Waals surface area contributed by atoms with Crippen LogP contribution in [0.4, 0.5) is 11.5 Å². The Balaban J connectivity index is 1.46. The predicted molar refractivity (Wildman–Crippen MR) is 132 cm³/mol. The molecule has 1 aliphatic carbocycles. The van der Waals surface area contributed by atoms with Gasteiger partial charge in [0.15, 0.2) is 5.11 Å². The van der Waals surface area contributed by atoms with Crippen molar-refractivity contribution >= 4 is 39.7 Å². The average molecular weight is 426 g/mol. The lowest BCUT2D eigenvalue weighted by Gasteiger charge is -2.35. The molecule has 2 heterocycles. The third-order valence-corrected chi connectivity index (χ3v) is 7.33. The number of thiocarbonyl (C=S) groups is 1. The molecule has 6 heteroatoms. The van der Waals surface area contributed by atoms with Gasteiger partial charge >= 0.3 is 0 Å². The SMILES string of the molecule is Cc1cc(N2CCN(C)CC2)nc2ccc(NC(=S)N[C@@H]3CCC[C@H](C)[C@H]3C)cc12. The van der Waals surface area contributed by atoms with Gasteiger partial charge in [0.25, 0.3) is 0 Å². The van der Waals surface area contributed by atoms with Gasteiger partial charge in [0.05, 0.1) is 5.52 Å². The second kappa shape index (κ2) is 9.06. The van der Waals surface area contributed by atoms with E-state index in [1.807, 2.05) is 0 Å². The highest BCUT2D eigenvalue weighted by Crippen LogP contribution is 2.30. The Morgan fingerprint density at radius 1 is 1.10 bits per heavy atom. The molecule has 5 nitrogen and oxygen atoms in total. The zero-order valence-corrected chi connectivity index (χ0v) is 19.6. The Labute approximate surface area is 186 Å². The van der Waals surface area contributed by atoms with E-state index in [0.717, 1.165) is 54.2 Å². The Hall–Kier alpha value is -1.92. The first-order chi connectivity index (χ1) is 14.4. The Bertz CT molecular complexity index is 906. The van der Waals surface area contributed by atoms with Crippen LogP contribution in [0.25, 0.3) is 10.9 Å². The highest BCUT2D eigenvalue weighted by atomic mass is 32.1. The number of nitrogens with zero attached hydrogens (tertiary/aromatic N) is 3. The van der Waals surface area contributed by atoms with E-state index in [0.29, 0.717) is 12.0 Å². The molecule has 0 spiro atoms. The van der Waals surface area contributed by atoms with Gasteiger partial charge in [-0.15, -0.1) is 0 Å². The fourth-order valence-corrected chi connectivity index (χ4v) is 5.04. The van der Waals surface area contributed by atoms with E-state index < -0.39 is 0 Å². The molecule has 1 saturated carbocycles. The molecule has 162 valence electrons. The summed E-state index contributed by atoms with van der Waals surface area (Å²) in [6.45, 7) is 11.1. The molecule has 30 heavy (non-hydrogen) atoms. The van der Waals surface area contributed by atoms with E-state index in [1.54, 1.807) is 0 Å². The fourth-order valence-electron chi connectivity index (χ4n) is 4.77. The van der Waals surface area contributed by atoms with Crippen molar-refractivity contribution in [3.63, 3.8) is 0 Å². The topological polar surface area (TPSA) is 43.4 Å².